The molecule has 1 aliphatic heterocycles. The zero-order chi connectivity index (χ0) is 6.74. The van der Waals surface area contributed by atoms with Crippen molar-refractivity contribution in [3.8, 4) is 0 Å². The van der Waals surface area contributed by atoms with Gasteiger partial charge in [0.2, 0.25) is 0 Å². The van der Waals surface area contributed by atoms with Crippen molar-refractivity contribution in [2.24, 2.45) is 5.41 Å². The van der Waals surface area contributed by atoms with E-state index in [4.69, 9.17) is 8.92 Å². The van der Waals surface area contributed by atoms with Crippen LogP contribution < -0.4 is 0 Å². The Bertz CT molecular complexity index is 85.5. The second kappa shape index (κ2) is 2.90. The van der Waals surface area contributed by atoms with E-state index >= 15 is 0 Å². The number of rotatable bonds is 3. The van der Waals surface area contributed by atoms with E-state index in [0.29, 0.717) is 12.0 Å². The van der Waals surface area contributed by atoms with Gasteiger partial charge in [0, 0.05) is 5.41 Å². The molecule has 0 amide bonds. The van der Waals surface area contributed by atoms with Crippen molar-refractivity contribution in [2.45, 2.75) is 13.3 Å². The molecule has 0 bridgehead atoms. The molecule has 0 atom stereocenters. The average Bonchev–Trinajstić information content (AvgIpc) is 1.79. The first-order valence-corrected chi connectivity index (χ1v) is 3.54. The maximum absolute atomic E-state index is 5.07. The van der Waals surface area contributed by atoms with Crippen molar-refractivity contribution in [2.75, 3.05) is 19.8 Å². The molecule has 0 N–H and O–H groups in total. The molecule has 0 spiro atoms. The van der Waals surface area contributed by atoms with Crippen molar-refractivity contribution in [1.29, 1.82) is 0 Å². The molecule has 3 heteroatoms. The Hall–Kier alpha value is 0.270. The highest BCUT2D eigenvalue weighted by molar-refractivity contribution is 7.75. The molecule has 54 valence electrons. The van der Waals surface area contributed by atoms with E-state index in [2.05, 4.69) is 19.8 Å². The second-order valence-electron chi connectivity index (χ2n) is 2.62. The quantitative estimate of drug-likeness (QED) is 0.480. The minimum atomic E-state index is 0.293. The number of hydrogen-bond acceptors (Lipinski definition) is 3. The Balaban J connectivity index is 2.28. The maximum Gasteiger partial charge on any atom is 0.0711 e. The van der Waals surface area contributed by atoms with Crippen molar-refractivity contribution in [3.05, 3.63) is 0 Å². The minimum absolute atomic E-state index is 0.293. The average molecular weight is 148 g/mol. The molecule has 0 aliphatic carbocycles. The lowest BCUT2D eigenvalue weighted by Gasteiger charge is -2.39. The summed E-state index contributed by atoms with van der Waals surface area (Å²) in [6, 6.07) is 0. The van der Waals surface area contributed by atoms with E-state index in [1.54, 1.807) is 0 Å². The highest BCUT2D eigenvalue weighted by atomic mass is 32.1. The summed E-state index contributed by atoms with van der Waals surface area (Å²) in [6.07, 6.45) is 1.12. The van der Waals surface area contributed by atoms with Crippen LogP contribution in [0.2, 0.25) is 0 Å². The maximum atomic E-state index is 5.07. The third kappa shape index (κ3) is 1.39. The summed E-state index contributed by atoms with van der Waals surface area (Å²) in [5.74, 6) is 0. The van der Waals surface area contributed by atoms with E-state index in [-0.39, 0.29) is 0 Å². The first kappa shape index (κ1) is 7.38. The first-order valence-electron chi connectivity index (χ1n) is 3.17. The molecule has 1 aliphatic rings. The fourth-order valence-electron chi connectivity index (χ4n) is 0.917. The van der Waals surface area contributed by atoms with Crippen molar-refractivity contribution >= 4 is 12.9 Å². The van der Waals surface area contributed by atoms with Gasteiger partial charge in [-0.15, -0.1) is 0 Å². The predicted octanol–water partition coefficient (Wildman–Crippen LogP) is 1.27. The predicted molar refractivity (Wildman–Crippen MR) is 38.5 cm³/mol. The van der Waals surface area contributed by atoms with Crippen LogP contribution in [0, 0.1) is 5.41 Å². The van der Waals surface area contributed by atoms with Crippen LogP contribution in [-0.4, -0.2) is 19.8 Å². The lowest BCUT2D eigenvalue weighted by molar-refractivity contribution is -0.130. The Morgan fingerprint density at radius 2 is 2.33 bits per heavy atom. The standard InChI is InChI=1S/C6H12O2S/c1-2-6(5-8-9)3-7-4-6/h9H,2-5H2,1H3. The Kier molecular flexibility index (Phi) is 2.38. The van der Waals surface area contributed by atoms with Gasteiger partial charge < -0.3 is 8.92 Å². The van der Waals surface area contributed by atoms with Gasteiger partial charge in [-0.25, -0.2) is 0 Å². The Labute approximate surface area is 61.1 Å². The van der Waals surface area contributed by atoms with Gasteiger partial charge in [-0.2, -0.15) is 0 Å². The number of hydrogen-bond donors (Lipinski definition) is 1. The molecule has 0 radical (unpaired) electrons. The third-order valence-corrected chi connectivity index (χ3v) is 2.07. The van der Waals surface area contributed by atoms with Crippen molar-refractivity contribution in [1.82, 2.24) is 0 Å². The molecule has 1 fully saturated rings. The van der Waals surface area contributed by atoms with E-state index in [0.717, 1.165) is 19.6 Å². The van der Waals surface area contributed by atoms with Crippen molar-refractivity contribution < 1.29 is 8.92 Å². The van der Waals surface area contributed by atoms with Crippen LogP contribution >= 0.6 is 12.9 Å². The molecule has 0 saturated carbocycles. The van der Waals surface area contributed by atoms with E-state index in [1.165, 1.54) is 0 Å². The molecule has 9 heavy (non-hydrogen) atoms. The molecule has 0 aromatic heterocycles. The van der Waals surface area contributed by atoms with Crippen LogP contribution in [0.15, 0.2) is 0 Å². The monoisotopic (exact) mass is 148 g/mol. The zero-order valence-corrected chi connectivity index (χ0v) is 6.49. The molecule has 0 aromatic rings. The third-order valence-electron chi connectivity index (χ3n) is 1.94. The van der Waals surface area contributed by atoms with Gasteiger partial charge in [-0.05, 0) is 19.3 Å². The van der Waals surface area contributed by atoms with Gasteiger partial charge >= 0.3 is 0 Å². The van der Waals surface area contributed by atoms with Crippen LogP contribution in [0.3, 0.4) is 0 Å². The molecule has 1 heterocycles. The smallest absolute Gasteiger partial charge is 0.0711 e. The highest BCUT2D eigenvalue weighted by Crippen LogP contribution is 2.31. The Morgan fingerprint density at radius 1 is 1.67 bits per heavy atom. The van der Waals surface area contributed by atoms with Crippen LogP contribution in [0.4, 0.5) is 0 Å². The molecule has 2 nitrogen and oxygen atoms in total. The second-order valence-corrected chi connectivity index (χ2v) is 2.88. The van der Waals surface area contributed by atoms with Gasteiger partial charge in [0.1, 0.15) is 0 Å². The SMILES string of the molecule is CCC1(COS)COC1. The molecular weight excluding hydrogens is 136 g/mol. The lowest BCUT2D eigenvalue weighted by Crippen LogP contribution is -2.45. The van der Waals surface area contributed by atoms with Crippen LogP contribution in [0.5, 0.6) is 0 Å². The van der Waals surface area contributed by atoms with Crippen LogP contribution in [0.1, 0.15) is 13.3 Å². The summed E-state index contributed by atoms with van der Waals surface area (Å²) in [6.45, 7) is 4.54. The van der Waals surface area contributed by atoms with Crippen molar-refractivity contribution in [3.63, 3.8) is 0 Å². The fourth-order valence-corrected chi connectivity index (χ4v) is 1.19. The molecule has 0 unspecified atom stereocenters. The van der Waals surface area contributed by atoms with Gasteiger partial charge in [-0.1, -0.05) is 6.92 Å². The van der Waals surface area contributed by atoms with Gasteiger partial charge in [0.15, 0.2) is 0 Å². The molecule has 0 aromatic carbocycles. The summed E-state index contributed by atoms with van der Waals surface area (Å²) < 4.78 is 9.82. The molecule has 1 saturated heterocycles. The molecular formula is C6H12O2S. The summed E-state index contributed by atoms with van der Waals surface area (Å²) >= 11 is 3.70. The minimum Gasteiger partial charge on any atom is -0.380 e. The summed E-state index contributed by atoms with van der Waals surface area (Å²) in [5, 5.41) is 0. The lowest BCUT2D eigenvalue weighted by atomic mass is 9.84. The highest BCUT2D eigenvalue weighted by Gasteiger charge is 2.36. The van der Waals surface area contributed by atoms with E-state index in [1.807, 2.05) is 0 Å². The Morgan fingerprint density at radius 3 is 2.44 bits per heavy atom. The summed E-state index contributed by atoms with van der Waals surface area (Å²) in [5.41, 5.74) is 0.293. The normalized spacial score (nSPS) is 23.3. The summed E-state index contributed by atoms with van der Waals surface area (Å²) in [7, 11) is 0. The fraction of sp³-hybridized carbons (Fsp3) is 1.00. The van der Waals surface area contributed by atoms with Gasteiger partial charge in [0.05, 0.1) is 19.8 Å². The zero-order valence-electron chi connectivity index (χ0n) is 5.59. The van der Waals surface area contributed by atoms with Crippen LogP contribution in [-0.2, 0) is 8.92 Å². The van der Waals surface area contributed by atoms with E-state index in [9.17, 15) is 0 Å². The molecule has 1 rings (SSSR count). The summed E-state index contributed by atoms with van der Waals surface area (Å²) in [4.78, 5) is 0. The van der Waals surface area contributed by atoms with E-state index < -0.39 is 0 Å². The van der Waals surface area contributed by atoms with Crippen LogP contribution in [0.25, 0.3) is 0 Å². The first-order chi connectivity index (χ1) is 4.33. The number of thiol groups is 1. The largest absolute Gasteiger partial charge is 0.380 e. The van der Waals surface area contributed by atoms with Gasteiger partial charge in [0.25, 0.3) is 0 Å². The van der Waals surface area contributed by atoms with Gasteiger partial charge in [-0.3, -0.25) is 0 Å². The number of ether oxygens (including phenoxy) is 1. The topological polar surface area (TPSA) is 18.5 Å².